The summed E-state index contributed by atoms with van der Waals surface area (Å²) in [6.07, 6.45) is 0.357. The van der Waals surface area contributed by atoms with E-state index in [4.69, 9.17) is 11.5 Å². The van der Waals surface area contributed by atoms with E-state index in [9.17, 15) is 14.4 Å². The van der Waals surface area contributed by atoms with Crippen molar-refractivity contribution >= 4 is 17.8 Å². The summed E-state index contributed by atoms with van der Waals surface area (Å²) in [5.41, 5.74) is 9.69. The molecule has 0 radical (unpaired) electrons. The minimum Gasteiger partial charge on any atom is -0.369 e. The van der Waals surface area contributed by atoms with Crippen LogP contribution in [0.2, 0.25) is 0 Å². The quantitative estimate of drug-likeness (QED) is 0.528. The van der Waals surface area contributed by atoms with Gasteiger partial charge in [0.15, 0.2) is 0 Å². The van der Waals surface area contributed by atoms with Crippen LogP contribution in [0.3, 0.4) is 0 Å². The third-order valence-corrected chi connectivity index (χ3v) is 1.59. The highest BCUT2D eigenvalue weighted by Gasteiger charge is 2.17. The number of hydrogen-bond donors (Lipinski definition) is 3. The summed E-state index contributed by atoms with van der Waals surface area (Å²) >= 11 is 0. The van der Waals surface area contributed by atoms with Crippen LogP contribution in [-0.4, -0.2) is 17.8 Å². The number of primary amides is 2. The molecule has 0 saturated heterocycles. The molecule has 6 nitrogen and oxygen atoms in total. The number of rotatable bonds is 4. The first-order valence-corrected chi connectivity index (χ1v) is 3.86. The Bertz CT molecular complexity index is 227. The maximum absolute atomic E-state index is 10.9. The summed E-state index contributed by atoms with van der Waals surface area (Å²) in [7, 11) is 0. The predicted octanol–water partition coefficient (Wildman–Crippen LogP) is -0.917. The summed E-state index contributed by atoms with van der Waals surface area (Å²) in [5.74, 6) is -1.68. The first kappa shape index (κ1) is 11.4. The highest BCUT2D eigenvalue weighted by molar-refractivity contribution is 5.95. The van der Waals surface area contributed by atoms with Crippen LogP contribution in [0.15, 0.2) is 0 Å². The number of imide groups is 1. The maximum atomic E-state index is 10.9. The summed E-state index contributed by atoms with van der Waals surface area (Å²) in [5, 5.41) is 1.85. The third kappa shape index (κ3) is 4.78. The smallest absolute Gasteiger partial charge is 0.318 e. The van der Waals surface area contributed by atoms with Gasteiger partial charge in [0.2, 0.25) is 11.8 Å². The zero-order chi connectivity index (χ0) is 10.4. The fraction of sp³-hybridized carbons (Fsp3) is 0.571. The van der Waals surface area contributed by atoms with Crippen molar-refractivity contribution in [2.75, 3.05) is 0 Å². The van der Waals surface area contributed by atoms with Crippen molar-refractivity contribution in [1.29, 1.82) is 0 Å². The van der Waals surface area contributed by atoms with Gasteiger partial charge in [-0.15, -0.1) is 0 Å². The van der Waals surface area contributed by atoms with Crippen molar-refractivity contribution < 1.29 is 14.4 Å². The molecule has 0 bridgehead atoms. The minimum atomic E-state index is -0.927. The van der Waals surface area contributed by atoms with Crippen LogP contribution in [0.1, 0.15) is 19.8 Å². The standard InChI is InChI=1S/C7H13N3O3/c1-2-4(6(8)12)3-5(11)10-7(9)13/h4H,2-3H2,1H3,(H2,8,12)(H3,9,10,11,13). The van der Waals surface area contributed by atoms with E-state index >= 15 is 0 Å². The van der Waals surface area contributed by atoms with Crippen LogP contribution in [0.4, 0.5) is 4.79 Å². The second kappa shape index (κ2) is 5.13. The number of nitrogens with two attached hydrogens (primary N) is 2. The monoisotopic (exact) mass is 187 g/mol. The zero-order valence-electron chi connectivity index (χ0n) is 7.37. The van der Waals surface area contributed by atoms with Crippen molar-refractivity contribution in [3.8, 4) is 0 Å². The molecule has 4 amide bonds. The first-order chi connectivity index (χ1) is 5.97. The van der Waals surface area contributed by atoms with E-state index in [0.29, 0.717) is 6.42 Å². The topological polar surface area (TPSA) is 115 Å². The largest absolute Gasteiger partial charge is 0.369 e. The number of amides is 4. The lowest BCUT2D eigenvalue weighted by Crippen LogP contribution is -2.37. The van der Waals surface area contributed by atoms with Crippen LogP contribution in [0.25, 0.3) is 0 Å². The van der Waals surface area contributed by atoms with Crippen LogP contribution >= 0.6 is 0 Å². The number of carbonyl (C=O) groups is 3. The van der Waals surface area contributed by atoms with Crippen molar-refractivity contribution in [2.24, 2.45) is 17.4 Å². The highest BCUT2D eigenvalue weighted by Crippen LogP contribution is 2.06. The molecule has 0 aliphatic heterocycles. The van der Waals surface area contributed by atoms with Crippen LogP contribution < -0.4 is 16.8 Å². The van der Waals surface area contributed by atoms with E-state index in [1.807, 2.05) is 5.32 Å². The Morgan fingerprint density at radius 2 is 1.85 bits per heavy atom. The van der Waals surface area contributed by atoms with E-state index in [1.165, 1.54) is 0 Å². The molecule has 0 aliphatic rings. The molecule has 0 aromatic heterocycles. The van der Waals surface area contributed by atoms with Gasteiger partial charge in [0, 0.05) is 12.3 Å². The molecule has 13 heavy (non-hydrogen) atoms. The number of hydrogen-bond acceptors (Lipinski definition) is 3. The average molecular weight is 187 g/mol. The molecule has 0 saturated carbocycles. The van der Waals surface area contributed by atoms with Crippen molar-refractivity contribution in [3.63, 3.8) is 0 Å². The molecule has 0 aromatic carbocycles. The summed E-state index contributed by atoms with van der Waals surface area (Å²) in [4.78, 5) is 31.8. The van der Waals surface area contributed by atoms with Gasteiger partial charge in [-0.1, -0.05) is 6.92 Å². The van der Waals surface area contributed by atoms with Gasteiger partial charge >= 0.3 is 6.03 Å². The van der Waals surface area contributed by atoms with Crippen LogP contribution in [0.5, 0.6) is 0 Å². The van der Waals surface area contributed by atoms with Gasteiger partial charge < -0.3 is 11.5 Å². The summed E-state index contributed by atoms with van der Waals surface area (Å²) < 4.78 is 0. The van der Waals surface area contributed by atoms with Gasteiger partial charge in [-0.2, -0.15) is 0 Å². The lowest BCUT2D eigenvalue weighted by Gasteiger charge is -2.08. The van der Waals surface area contributed by atoms with E-state index < -0.39 is 23.8 Å². The van der Waals surface area contributed by atoms with Gasteiger partial charge in [-0.3, -0.25) is 14.9 Å². The van der Waals surface area contributed by atoms with E-state index in [-0.39, 0.29) is 6.42 Å². The first-order valence-electron chi connectivity index (χ1n) is 3.86. The van der Waals surface area contributed by atoms with E-state index in [2.05, 4.69) is 0 Å². The van der Waals surface area contributed by atoms with Crippen LogP contribution in [0, 0.1) is 5.92 Å². The minimum absolute atomic E-state index is 0.102. The molecule has 0 heterocycles. The van der Waals surface area contributed by atoms with E-state index in [0.717, 1.165) is 0 Å². The molecule has 0 aromatic rings. The van der Waals surface area contributed by atoms with Gasteiger partial charge in [0.25, 0.3) is 0 Å². The molecular formula is C7H13N3O3. The molecule has 1 unspecified atom stereocenters. The lowest BCUT2D eigenvalue weighted by molar-refractivity contribution is -0.128. The molecule has 1 atom stereocenters. The predicted molar refractivity (Wildman–Crippen MR) is 45.3 cm³/mol. The van der Waals surface area contributed by atoms with Crippen molar-refractivity contribution in [3.05, 3.63) is 0 Å². The normalized spacial score (nSPS) is 11.8. The highest BCUT2D eigenvalue weighted by atomic mass is 16.2. The Labute approximate surface area is 75.6 Å². The van der Waals surface area contributed by atoms with Crippen molar-refractivity contribution in [2.45, 2.75) is 19.8 Å². The van der Waals surface area contributed by atoms with Gasteiger partial charge in [-0.25, -0.2) is 4.79 Å². The van der Waals surface area contributed by atoms with Crippen molar-refractivity contribution in [1.82, 2.24) is 5.32 Å². The molecule has 6 heteroatoms. The molecule has 0 aliphatic carbocycles. The molecule has 74 valence electrons. The van der Waals surface area contributed by atoms with Gasteiger partial charge in [0.05, 0.1) is 0 Å². The second-order valence-corrected chi connectivity index (χ2v) is 2.62. The number of urea groups is 1. The Balaban J connectivity index is 4.01. The number of carbonyl (C=O) groups excluding carboxylic acids is 3. The second-order valence-electron chi connectivity index (χ2n) is 2.62. The average Bonchev–Trinajstić information content (AvgIpc) is 1.98. The SMILES string of the molecule is CCC(CC(=O)NC(N)=O)C(N)=O. The Morgan fingerprint density at radius 3 is 2.15 bits per heavy atom. The number of nitrogens with one attached hydrogen (secondary N) is 1. The summed E-state index contributed by atoms with van der Waals surface area (Å²) in [6, 6.07) is -0.927. The fourth-order valence-electron chi connectivity index (χ4n) is 0.858. The molecule has 5 N–H and O–H groups in total. The Kier molecular flexibility index (Phi) is 4.50. The zero-order valence-corrected chi connectivity index (χ0v) is 7.37. The molecule has 0 fully saturated rings. The fourth-order valence-corrected chi connectivity index (χ4v) is 0.858. The van der Waals surface area contributed by atoms with E-state index in [1.54, 1.807) is 6.92 Å². The van der Waals surface area contributed by atoms with Gasteiger partial charge in [0.1, 0.15) is 0 Å². The lowest BCUT2D eigenvalue weighted by atomic mass is 10.0. The molecule has 0 spiro atoms. The Morgan fingerprint density at radius 1 is 1.31 bits per heavy atom. The summed E-state index contributed by atoms with van der Waals surface area (Å²) in [6.45, 7) is 1.73. The third-order valence-electron chi connectivity index (χ3n) is 1.59. The molecular weight excluding hydrogens is 174 g/mol. The van der Waals surface area contributed by atoms with Gasteiger partial charge in [-0.05, 0) is 6.42 Å². The Hall–Kier alpha value is -1.59. The van der Waals surface area contributed by atoms with Crippen LogP contribution in [-0.2, 0) is 9.59 Å². The molecule has 0 rings (SSSR count). The maximum Gasteiger partial charge on any atom is 0.318 e.